The third kappa shape index (κ3) is 1.65. The second kappa shape index (κ2) is 4.55. The molecule has 5 heteroatoms. The van der Waals surface area contributed by atoms with E-state index in [1.165, 1.54) is 11.1 Å². The van der Waals surface area contributed by atoms with Crippen LogP contribution in [0.1, 0.15) is 35.4 Å². The van der Waals surface area contributed by atoms with E-state index in [0.29, 0.717) is 0 Å². The van der Waals surface area contributed by atoms with Crippen molar-refractivity contribution in [2.45, 2.75) is 25.0 Å². The Balaban J connectivity index is 1.63. The fourth-order valence-electron chi connectivity index (χ4n) is 4.37. The maximum absolute atomic E-state index is 11.0. The van der Waals surface area contributed by atoms with Crippen molar-refractivity contribution in [1.29, 1.82) is 0 Å². The van der Waals surface area contributed by atoms with Crippen LogP contribution in [0.4, 0.5) is 0 Å². The molecular weight excluding hydrogens is 288 g/mol. The SMILES string of the molecule is Cn1ncc2c1CC[C@H](C1c3ccccc3-c3cncn31)[C@H]2O. The summed E-state index contributed by atoms with van der Waals surface area (Å²) in [4.78, 5) is 4.33. The Morgan fingerprint density at radius 2 is 2.04 bits per heavy atom. The highest BCUT2D eigenvalue weighted by Crippen LogP contribution is 2.49. The van der Waals surface area contributed by atoms with Gasteiger partial charge in [-0.3, -0.25) is 4.68 Å². The third-order valence-electron chi connectivity index (χ3n) is 5.46. The van der Waals surface area contributed by atoms with Crippen molar-refractivity contribution in [1.82, 2.24) is 19.3 Å². The van der Waals surface area contributed by atoms with Crippen LogP contribution in [0.5, 0.6) is 0 Å². The number of rotatable bonds is 1. The van der Waals surface area contributed by atoms with Gasteiger partial charge in [-0.25, -0.2) is 4.98 Å². The molecule has 1 aliphatic heterocycles. The van der Waals surface area contributed by atoms with Gasteiger partial charge in [0.25, 0.3) is 0 Å². The van der Waals surface area contributed by atoms with Crippen LogP contribution in [0.3, 0.4) is 0 Å². The van der Waals surface area contributed by atoms with Crippen molar-refractivity contribution in [3.63, 3.8) is 0 Å². The van der Waals surface area contributed by atoms with Crippen molar-refractivity contribution in [3.05, 3.63) is 59.8 Å². The van der Waals surface area contributed by atoms with E-state index in [-0.39, 0.29) is 12.0 Å². The number of aryl methyl sites for hydroxylation is 1. The molecule has 0 saturated carbocycles. The van der Waals surface area contributed by atoms with Crippen molar-refractivity contribution in [2.75, 3.05) is 0 Å². The average molecular weight is 306 g/mol. The number of fused-ring (bicyclic) bond motifs is 4. The molecule has 1 aromatic carbocycles. The zero-order chi connectivity index (χ0) is 15.6. The molecule has 3 aromatic rings. The molecule has 1 aliphatic carbocycles. The minimum absolute atomic E-state index is 0.142. The first kappa shape index (κ1) is 13.1. The molecule has 0 radical (unpaired) electrons. The standard InChI is InChI=1S/C18H18N4O/c1-21-15-7-6-13(18(23)14(15)8-20-21)17-12-5-3-2-4-11(12)16-9-19-10-22(16)17/h2-5,8-10,13,17-18,23H,6-7H2,1H3/t13-,17?,18-/m1/s1. The number of aliphatic hydroxyl groups is 1. The number of aliphatic hydroxyl groups excluding tert-OH is 1. The highest BCUT2D eigenvalue weighted by atomic mass is 16.3. The zero-order valence-electron chi connectivity index (χ0n) is 12.9. The molecule has 116 valence electrons. The molecule has 23 heavy (non-hydrogen) atoms. The van der Waals surface area contributed by atoms with E-state index >= 15 is 0 Å². The number of benzene rings is 1. The van der Waals surface area contributed by atoms with Gasteiger partial charge in [0.15, 0.2) is 0 Å². The van der Waals surface area contributed by atoms with Crippen molar-refractivity contribution < 1.29 is 5.11 Å². The molecule has 5 nitrogen and oxygen atoms in total. The number of aromatic nitrogens is 4. The number of hydrogen-bond donors (Lipinski definition) is 1. The second-order valence-corrected chi connectivity index (χ2v) is 6.54. The predicted octanol–water partition coefficient (Wildman–Crippen LogP) is 2.48. The molecule has 1 unspecified atom stereocenters. The Bertz CT molecular complexity index is 894. The Labute approximate surface area is 134 Å². The topological polar surface area (TPSA) is 55.9 Å². The Morgan fingerprint density at radius 3 is 2.96 bits per heavy atom. The number of hydrogen-bond acceptors (Lipinski definition) is 3. The fraction of sp³-hybridized carbons (Fsp3) is 0.333. The van der Waals surface area contributed by atoms with Gasteiger partial charge >= 0.3 is 0 Å². The van der Waals surface area contributed by atoms with Crippen LogP contribution in [-0.4, -0.2) is 24.4 Å². The van der Waals surface area contributed by atoms with Crippen LogP contribution in [0.25, 0.3) is 11.3 Å². The van der Waals surface area contributed by atoms with E-state index in [9.17, 15) is 5.11 Å². The zero-order valence-corrected chi connectivity index (χ0v) is 12.9. The van der Waals surface area contributed by atoms with Crippen molar-refractivity contribution in [2.24, 2.45) is 13.0 Å². The minimum atomic E-state index is -0.487. The smallest absolute Gasteiger partial charge is 0.0956 e. The quantitative estimate of drug-likeness (QED) is 0.751. The van der Waals surface area contributed by atoms with Crippen LogP contribution in [0, 0.1) is 5.92 Å². The van der Waals surface area contributed by atoms with Gasteiger partial charge < -0.3 is 9.67 Å². The molecule has 0 amide bonds. The van der Waals surface area contributed by atoms with Crippen molar-refractivity contribution in [3.8, 4) is 11.3 Å². The van der Waals surface area contributed by atoms with Gasteiger partial charge in [-0.15, -0.1) is 0 Å². The predicted molar refractivity (Wildman–Crippen MR) is 85.8 cm³/mol. The average Bonchev–Trinajstić information content (AvgIpc) is 3.24. The van der Waals surface area contributed by atoms with Crippen LogP contribution in [-0.2, 0) is 13.5 Å². The number of imidazole rings is 1. The highest BCUT2D eigenvalue weighted by Gasteiger charge is 2.41. The molecule has 2 aromatic heterocycles. The lowest BCUT2D eigenvalue weighted by molar-refractivity contribution is 0.0713. The van der Waals surface area contributed by atoms with Crippen molar-refractivity contribution >= 4 is 0 Å². The summed E-state index contributed by atoms with van der Waals surface area (Å²) in [7, 11) is 1.95. The lowest BCUT2D eigenvalue weighted by Crippen LogP contribution is -2.28. The summed E-state index contributed by atoms with van der Waals surface area (Å²) in [5, 5.41) is 15.3. The molecular formula is C18H18N4O. The van der Waals surface area contributed by atoms with Gasteiger partial charge in [-0.2, -0.15) is 5.10 Å². The van der Waals surface area contributed by atoms with Gasteiger partial charge in [0.1, 0.15) is 0 Å². The van der Waals surface area contributed by atoms with Crippen LogP contribution >= 0.6 is 0 Å². The van der Waals surface area contributed by atoms with Gasteiger partial charge in [0, 0.05) is 29.8 Å². The highest BCUT2D eigenvalue weighted by molar-refractivity contribution is 5.69. The lowest BCUT2D eigenvalue weighted by atomic mass is 9.78. The molecule has 3 atom stereocenters. The summed E-state index contributed by atoms with van der Waals surface area (Å²) in [6, 6.07) is 8.62. The van der Waals surface area contributed by atoms with Gasteiger partial charge in [0.05, 0.1) is 36.6 Å². The Morgan fingerprint density at radius 1 is 1.17 bits per heavy atom. The first-order valence-electron chi connectivity index (χ1n) is 8.05. The largest absolute Gasteiger partial charge is 0.388 e. The lowest BCUT2D eigenvalue weighted by Gasteiger charge is -2.33. The maximum atomic E-state index is 11.0. The van der Waals surface area contributed by atoms with Crippen LogP contribution in [0.2, 0.25) is 0 Å². The monoisotopic (exact) mass is 306 g/mol. The van der Waals surface area contributed by atoms with E-state index in [4.69, 9.17) is 0 Å². The molecule has 5 rings (SSSR count). The van der Waals surface area contributed by atoms with E-state index in [2.05, 4.69) is 38.9 Å². The first-order valence-corrected chi connectivity index (χ1v) is 8.05. The van der Waals surface area contributed by atoms with Crippen LogP contribution < -0.4 is 0 Å². The summed E-state index contributed by atoms with van der Waals surface area (Å²) in [6.45, 7) is 0. The van der Waals surface area contributed by atoms with Gasteiger partial charge in [0.2, 0.25) is 0 Å². The third-order valence-corrected chi connectivity index (χ3v) is 5.46. The second-order valence-electron chi connectivity index (χ2n) is 6.54. The fourth-order valence-corrected chi connectivity index (χ4v) is 4.37. The molecule has 0 fully saturated rings. The molecule has 0 saturated heterocycles. The Hall–Kier alpha value is -2.40. The molecule has 0 bridgehead atoms. The van der Waals surface area contributed by atoms with Crippen LogP contribution in [0.15, 0.2) is 43.0 Å². The van der Waals surface area contributed by atoms with E-state index in [0.717, 1.165) is 29.8 Å². The first-order chi connectivity index (χ1) is 11.3. The summed E-state index contributed by atoms with van der Waals surface area (Å²) in [6.07, 6.45) is 7.05. The Kier molecular flexibility index (Phi) is 2.59. The van der Waals surface area contributed by atoms with E-state index in [1.54, 1.807) is 0 Å². The summed E-state index contributed by atoms with van der Waals surface area (Å²) < 4.78 is 4.11. The van der Waals surface area contributed by atoms with Gasteiger partial charge in [-0.05, 0) is 18.4 Å². The summed E-state index contributed by atoms with van der Waals surface area (Å²) in [5.74, 6) is 0.142. The maximum Gasteiger partial charge on any atom is 0.0956 e. The molecule has 0 spiro atoms. The number of nitrogens with zero attached hydrogens (tertiary/aromatic N) is 4. The van der Waals surface area contributed by atoms with E-state index < -0.39 is 6.10 Å². The molecule has 2 aliphatic rings. The molecule has 3 heterocycles. The minimum Gasteiger partial charge on any atom is -0.388 e. The summed E-state index contributed by atoms with van der Waals surface area (Å²) >= 11 is 0. The molecule has 1 N–H and O–H groups in total. The van der Waals surface area contributed by atoms with Gasteiger partial charge in [-0.1, -0.05) is 24.3 Å². The van der Waals surface area contributed by atoms with E-state index in [1.807, 2.05) is 30.5 Å². The summed E-state index contributed by atoms with van der Waals surface area (Å²) in [5.41, 5.74) is 5.82. The normalized spacial score (nSPS) is 25.0.